The van der Waals surface area contributed by atoms with E-state index >= 15 is 0 Å². The lowest BCUT2D eigenvalue weighted by Gasteiger charge is -2.23. The largest absolute Gasteiger partial charge is 0.507 e. The number of ether oxygens (including phenoxy) is 1. The number of phenols is 1. The van der Waals surface area contributed by atoms with E-state index in [4.69, 9.17) is 15.6 Å². The standard InChI is InChI=1S/C10H15NO3/c1-10(11,6-12)8-4-3-7(14-2)5-9(8)13/h3-5,12-13H,6,11H2,1-2H3/t10-/m0/s1. The Hall–Kier alpha value is -1.26. The summed E-state index contributed by atoms with van der Waals surface area (Å²) in [6.45, 7) is 1.42. The molecular formula is C10H15NO3. The summed E-state index contributed by atoms with van der Waals surface area (Å²) in [5.74, 6) is 0.586. The molecule has 1 rings (SSSR count). The van der Waals surface area contributed by atoms with Gasteiger partial charge in [0.2, 0.25) is 0 Å². The van der Waals surface area contributed by atoms with Crippen LogP contribution >= 0.6 is 0 Å². The van der Waals surface area contributed by atoms with Gasteiger partial charge in [0.05, 0.1) is 19.3 Å². The summed E-state index contributed by atoms with van der Waals surface area (Å²) in [4.78, 5) is 0. The molecule has 0 fully saturated rings. The van der Waals surface area contributed by atoms with Crippen LogP contribution in [0.3, 0.4) is 0 Å². The van der Waals surface area contributed by atoms with Gasteiger partial charge in [0.1, 0.15) is 11.5 Å². The van der Waals surface area contributed by atoms with Crippen molar-refractivity contribution in [1.29, 1.82) is 0 Å². The SMILES string of the molecule is COc1ccc([C@@](C)(N)CO)c(O)c1. The molecule has 4 N–H and O–H groups in total. The van der Waals surface area contributed by atoms with E-state index < -0.39 is 5.54 Å². The van der Waals surface area contributed by atoms with Gasteiger partial charge in [0, 0.05) is 11.6 Å². The Balaban J connectivity index is 3.12. The van der Waals surface area contributed by atoms with Gasteiger partial charge in [-0.15, -0.1) is 0 Å². The second-order valence-electron chi connectivity index (χ2n) is 3.46. The number of nitrogens with two attached hydrogens (primary N) is 1. The van der Waals surface area contributed by atoms with E-state index in [2.05, 4.69) is 0 Å². The fourth-order valence-corrected chi connectivity index (χ4v) is 1.21. The Bertz CT molecular complexity index is 323. The molecule has 4 heteroatoms. The van der Waals surface area contributed by atoms with E-state index in [1.807, 2.05) is 0 Å². The Kier molecular flexibility index (Phi) is 2.98. The van der Waals surface area contributed by atoms with Crippen LogP contribution in [-0.4, -0.2) is 23.9 Å². The van der Waals surface area contributed by atoms with E-state index in [0.29, 0.717) is 11.3 Å². The van der Waals surface area contributed by atoms with Crippen LogP contribution in [0.4, 0.5) is 0 Å². The molecule has 0 aliphatic heterocycles. The second kappa shape index (κ2) is 3.86. The van der Waals surface area contributed by atoms with E-state index in [0.717, 1.165) is 0 Å². The molecule has 0 unspecified atom stereocenters. The molecule has 1 aromatic carbocycles. The first-order valence-electron chi connectivity index (χ1n) is 4.28. The molecule has 78 valence electrons. The van der Waals surface area contributed by atoms with E-state index in [-0.39, 0.29) is 12.4 Å². The molecule has 0 heterocycles. The van der Waals surface area contributed by atoms with Crippen molar-refractivity contribution in [2.45, 2.75) is 12.5 Å². The zero-order valence-corrected chi connectivity index (χ0v) is 8.32. The monoisotopic (exact) mass is 197 g/mol. The summed E-state index contributed by atoms with van der Waals surface area (Å²) in [6, 6.07) is 4.80. The van der Waals surface area contributed by atoms with Gasteiger partial charge in [-0.1, -0.05) is 0 Å². The van der Waals surface area contributed by atoms with Gasteiger partial charge in [-0.25, -0.2) is 0 Å². The van der Waals surface area contributed by atoms with Gasteiger partial charge in [0.15, 0.2) is 0 Å². The summed E-state index contributed by atoms with van der Waals surface area (Å²) < 4.78 is 4.93. The van der Waals surface area contributed by atoms with Crippen molar-refractivity contribution >= 4 is 0 Å². The molecule has 1 aromatic rings. The van der Waals surface area contributed by atoms with Gasteiger partial charge >= 0.3 is 0 Å². The molecule has 0 aromatic heterocycles. The predicted molar refractivity (Wildman–Crippen MR) is 53.3 cm³/mol. The average Bonchev–Trinajstić information content (AvgIpc) is 2.17. The molecule has 0 aliphatic rings. The number of benzene rings is 1. The quantitative estimate of drug-likeness (QED) is 0.662. The summed E-state index contributed by atoms with van der Waals surface area (Å²) in [7, 11) is 1.52. The first kappa shape index (κ1) is 10.8. The van der Waals surface area contributed by atoms with E-state index in [1.54, 1.807) is 19.1 Å². The minimum Gasteiger partial charge on any atom is -0.507 e. The molecule has 1 atom stereocenters. The number of aliphatic hydroxyl groups excluding tert-OH is 1. The summed E-state index contributed by atoms with van der Waals surface area (Å²) in [6.07, 6.45) is 0. The van der Waals surface area contributed by atoms with Crippen LogP contribution in [0.25, 0.3) is 0 Å². The molecular weight excluding hydrogens is 182 g/mol. The van der Waals surface area contributed by atoms with E-state index in [1.165, 1.54) is 13.2 Å². The van der Waals surface area contributed by atoms with Crippen molar-refractivity contribution in [2.24, 2.45) is 5.73 Å². The zero-order chi connectivity index (χ0) is 10.8. The number of aromatic hydroxyl groups is 1. The van der Waals surface area contributed by atoms with Crippen LogP contribution in [-0.2, 0) is 5.54 Å². The number of hydrogen-bond acceptors (Lipinski definition) is 4. The number of rotatable bonds is 3. The first-order valence-corrected chi connectivity index (χ1v) is 4.28. The summed E-state index contributed by atoms with van der Waals surface area (Å²) >= 11 is 0. The lowest BCUT2D eigenvalue weighted by molar-refractivity contribution is 0.206. The molecule has 0 aliphatic carbocycles. The third kappa shape index (κ3) is 1.97. The average molecular weight is 197 g/mol. The van der Waals surface area contributed by atoms with Crippen molar-refractivity contribution in [1.82, 2.24) is 0 Å². The number of hydrogen-bond donors (Lipinski definition) is 3. The van der Waals surface area contributed by atoms with Crippen LogP contribution < -0.4 is 10.5 Å². The maximum absolute atomic E-state index is 9.62. The highest BCUT2D eigenvalue weighted by molar-refractivity contribution is 5.43. The highest BCUT2D eigenvalue weighted by atomic mass is 16.5. The van der Waals surface area contributed by atoms with Crippen LogP contribution in [0.5, 0.6) is 11.5 Å². The molecule has 0 spiro atoms. The fourth-order valence-electron chi connectivity index (χ4n) is 1.21. The molecule has 0 saturated carbocycles. The lowest BCUT2D eigenvalue weighted by Crippen LogP contribution is -2.36. The van der Waals surface area contributed by atoms with Crippen LogP contribution in [0.15, 0.2) is 18.2 Å². The normalized spacial score (nSPS) is 14.9. The van der Waals surface area contributed by atoms with Crippen LogP contribution in [0, 0.1) is 0 Å². The Morgan fingerprint density at radius 1 is 1.50 bits per heavy atom. The third-order valence-corrected chi connectivity index (χ3v) is 2.15. The van der Waals surface area contributed by atoms with Gasteiger partial charge in [-0.3, -0.25) is 0 Å². The van der Waals surface area contributed by atoms with Crippen LogP contribution in [0.1, 0.15) is 12.5 Å². The molecule has 14 heavy (non-hydrogen) atoms. The zero-order valence-electron chi connectivity index (χ0n) is 8.32. The minimum atomic E-state index is -0.934. The highest BCUT2D eigenvalue weighted by Gasteiger charge is 2.23. The first-order chi connectivity index (χ1) is 6.51. The number of phenolic OH excluding ortho intramolecular Hbond substituents is 1. The van der Waals surface area contributed by atoms with Gasteiger partial charge in [-0.05, 0) is 19.1 Å². The van der Waals surface area contributed by atoms with E-state index in [9.17, 15) is 5.11 Å². The van der Waals surface area contributed by atoms with Crippen molar-refractivity contribution in [3.8, 4) is 11.5 Å². The third-order valence-electron chi connectivity index (χ3n) is 2.15. The number of aliphatic hydroxyl groups is 1. The maximum atomic E-state index is 9.62. The smallest absolute Gasteiger partial charge is 0.124 e. The Morgan fingerprint density at radius 3 is 2.57 bits per heavy atom. The predicted octanol–water partition coefficient (Wildman–Crippen LogP) is 0.567. The molecule has 0 amide bonds. The highest BCUT2D eigenvalue weighted by Crippen LogP contribution is 2.30. The van der Waals surface area contributed by atoms with Crippen LogP contribution in [0.2, 0.25) is 0 Å². The fraction of sp³-hybridized carbons (Fsp3) is 0.400. The second-order valence-corrected chi connectivity index (χ2v) is 3.46. The summed E-state index contributed by atoms with van der Waals surface area (Å²) in [5.41, 5.74) is 5.35. The van der Waals surface area contributed by atoms with Gasteiger partial charge in [-0.2, -0.15) is 0 Å². The van der Waals surface area contributed by atoms with Crippen molar-refractivity contribution in [2.75, 3.05) is 13.7 Å². The van der Waals surface area contributed by atoms with Gasteiger partial charge < -0.3 is 20.7 Å². The summed E-state index contributed by atoms with van der Waals surface area (Å²) in [5, 5.41) is 18.6. The van der Waals surface area contributed by atoms with Crippen molar-refractivity contribution in [3.05, 3.63) is 23.8 Å². The molecule has 0 saturated heterocycles. The number of methoxy groups -OCH3 is 1. The Labute approximate surface area is 82.9 Å². The Morgan fingerprint density at radius 2 is 2.14 bits per heavy atom. The van der Waals surface area contributed by atoms with Crippen molar-refractivity contribution in [3.63, 3.8) is 0 Å². The molecule has 4 nitrogen and oxygen atoms in total. The van der Waals surface area contributed by atoms with Gasteiger partial charge in [0.25, 0.3) is 0 Å². The maximum Gasteiger partial charge on any atom is 0.124 e. The topological polar surface area (TPSA) is 75.7 Å². The van der Waals surface area contributed by atoms with Crippen molar-refractivity contribution < 1.29 is 14.9 Å². The minimum absolute atomic E-state index is 0.0309. The lowest BCUT2D eigenvalue weighted by atomic mass is 9.93. The molecule has 0 radical (unpaired) electrons. The molecule has 0 bridgehead atoms.